The maximum atomic E-state index is 11.1. The molecule has 1 aromatic carbocycles. The van der Waals surface area contributed by atoms with Gasteiger partial charge >= 0.3 is 0 Å². The Bertz CT molecular complexity index is 330. The quantitative estimate of drug-likeness (QED) is 0.733. The van der Waals surface area contributed by atoms with E-state index in [1.807, 2.05) is 12.1 Å². The first-order valence-corrected chi connectivity index (χ1v) is 5.56. The zero-order valence-corrected chi connectivity index (χ0v) is 9.48. The Labute approximate surface area is 96.6 Å². The molecule has 1 aliphatic carbocycles. The lowest BCUT2D eigenvalue weighted by Crippen LogP contribution is -2.12. The molecule has 2 heteroatoms. The molecule has 0 amide bonds. The number of rotatable bonds is 1. The standard InChI is InChI=1S/C12H14O2.C2H4/c13-11-5-1-9(2-6-11)10-3-7-12(14)8-4-10;1-2/h1-2,5-6,10,13H,3-4,7-8H2;1-2H2. The third-order valence-electron chi connectivity index (χ3n) is 2.91. The molecule has 0 aliphatic heterocycles. The fraction of sp³-hybridized carbons (Fsp3) is 0.357. The van der Waals surface area contributed by atoms with E-state index in [1.165, 1.54) is 5.56 Å². The fourth-order valence-corrected chi connectivity index (χ4v) is 2.02. The average molecular weight is 218 g/mol. The van der Waals surface area contributed by atoms with Gasteiger partial charge in [-0.05, 0) is 36.5 Å². The van der Waals surface area contributed by atoms with Gasteiger partial charge in [0, 0.05) is 12.8 Å². The van der Waals surface area contributed by atoms with Gasteiger partial charge in [-0.1, -0.05) is 12.1 Å². The first-order valence-electron chi connectivity index (χ1n) is 5.56. The summed E-state index contributed by atoms with van der Waals surface area (Å²) in [4.78, 5) is 11.1. The molecule has 2 nitrogen and oxygen atoms in total. The normalized spacial score (nSPS) is 16.4. The van der Waals surface area contributed by atoms with Gasteiger partial charge < -0.3 is 5.11 Å². The van der Waals surface area contributed by atoms with Gasteiger partial charge in [0.25, 0.3) is 0 Å². The highest BCUT2D eigenvalue weighted by Gasteiger charge is 2.19. The summed E-state index contributed by atoms with van der Waals surface area (Å²) in [5.41, 5.74) is 1.25. The zero-order chi connectivity index (χ0) is 12.0. The number of ketones is 1. The zero-order valence-electron chi connectivity index (χ0n) is 9.48. The molecule has 1 N–H and O–H groups in total. The monoisotopic (exact) mass is 218 g/mol. The number of carbonyl (C=O) groups is 1. The molecule has 0 radical (unpaired) electrons. The summed E-state index contributed by atoms with van der Waals surface area (Å²) in [6.07, 6.45) is 3.35. The van der Waals surface area contributed by atoms with Crippen LogP contribution in [-0.4, -0.2) is 10.9 Å². The molecule has 1 saturated carbocycles. The minimum Gasteiger partial charge on any atom is -0.508 e. The van der Waals surface area contributed by atoms with Crippen LogP contribution in [0.2, 0.25) is 0 Å². The van der Waals surface area contributed by atoms with Gasteiger partial charge in [0.1, 0.15) is 11.5 Å². The van der Waals surface area contributed by atoms with E-state index in [-0.39, 0.29) is 0 Å². The van der Waals surface area contributed by atoms with Crippen molar-refractivity contribution < 1.29 is 9.90 Å². The van der Waals surface area contributed by atoms with Crippen LogP contribution in [0, 0.1) is 0 Å². The third kappa shape index (κ3) is 3.23. The van der Waals surface area contributed by atoms with E-state index in [0.717, 1.165) is 12.8 Å². The van der Waals surface area contributed by atoms with Crippen molar-refractivity contribution in [2.45, 2.75) is 31.6 Å². The number of Topliss-reactive ketones (excluding diaryl/α,β-unsaturated/α-hetero) is 1. The molecule has 0 bridgehead atoms. The van der Waals surface area contributed by atoms with Crippen LogP contribution in [0.3, 0.4) is 0 Å². The number of phenolic OH excluding ortho intramolecular Hbond substituents is 1. The van der Waals surface area contributed by atoms with Crippen LogP contribution in [0.15, 0.2) is 37.4 Å². The SMILES string of the molecule is C=C.O=C1CCC(c2ccc(O)cc2)CC1. The second-order valence-electron chi connectivity index (χ2n) is 3.90. The van der Waals surface area contributed by atoms with Gasteiger partial charge in [-0.25, -0.2) is 0 Å². The van der Waals surface area contributed by atoms with Crippen molar-refractivity contribution in [2.75, 3.05) is 0 Å². The number of hydrogen-bond donors (Lipinski definition) is 1. The van der Waals surface area contributed by atoms with Gasteiger partial charge in [0.2, 0.25) is 0 Å². The summed E-state index contributed by atoms with van der Waals surface area (Å²) < 4.78 is 0. The molecule has 1 fully saturated rings. The Hall–Kier alpha value is -1.57. The summed E-state index contributed by atoms with van der Waals surface area (Å²) >= 11 is 0. The molecule has 0 aromatic heterocycles. The molecule has 2 rings (SSSR count). The fourth-order valence-electron chi connectivity index (χ4n) is 2.02. The van der Waals surface area contributed by atoms with E-state index in [9.17, 15) is 4.79 Å². The number of phenols is 1. The summed E-state index contributed by atoms with van der Waals surface area (Å²) in [6, 6.07) is 7.34. The summed E-state index contributed by atoms with van der Waals surface area (Å²) in [5.74, 6) is 1.20. The van der Waals surface area contributed by atoms with Crippen molar-refractivity contribution >= 4 is 5.78 Å². The molecule has 1 aliphatic rings. The molecule has 16 heavy (non-hydrogen) atoms. The number of aromatic hydroxyl groups is 1. The van der Waals surface area contributed by atoms with E-state index in [1.54, 1.807) is 12.1 Å². The summed E-state index contributed by atoms with van der Waals surface area (Å²) in [6.45, 7) is 6.00. The van der Waals surface area contributed by atoms with Gasteiger partial charge in [0.05, 0.1) is 0 Å². The highest BCUT2D eigenvalue weighted by molar-refractivity contribution is 5.79. The lowest BCUT2D eigenvalue weighted by molar-refractivity contribution is -0.120. The Kier molecular flexibility index (Phi) is 4.77. The largest absolute Gasteiger partial charge is 0.508 e. The van der Waals surface area contributed by atoms with E-state index >= 15 is 0 Å². The molecule has 0 heterocycles. The number of benzene rings is 1. The smallest absolute Gasteiger partial charge is 0.132 e. The van der Waals surface area contributed by atoms with Crippen LogP contribution in [0.4, 0.5) is 0 Å². The van der Waals surface area contributed by atoms with Crippen molar-refractivity contribution in [3.63, 3.8) is 0 Å². The minimum atomic E-state index is 0.306. The van der Waals surface area contributed by atoms with Crippen molar-refractivity contribution in [2.24, 2.45) is 0 Å². The predicted molar refractivity (Wildman–Crippen MR) is 65.6 cm³/mol. The maximum absolute atomic E-state index is 11.1. The number of hydrogen-bond acceptors (Lipinski definition) is 2. The maximum Gasteiger partial charge on any atom is 0.132 e. The Balaban J connectivity index is 0.000000606. The Morgan fingerprint density at radius 3 is 2.06 bits per heavy atom. The van der Waals surface area contributed by atoms with Gasteiger partial charge in [-0.15, -0.1) is 13.2 Å². The van der Waals surface area contributed by atoms with Crippen LogP contribution in [-0.2, 0) is 4.79 Å². The topological polar surface area (TPSA) is 37.3 Å². The Morgan fingerprint density at radius 2 is 1.56 bits per heavy atom. The van der Waals surface area contributed by atoms with E-state index in [4.69, 9.17) is 5.11 Å². The summed E-state index contributed by atoms with van der Waals surface area (Å²) in [7, 11) is 0. The average Bonchev–Trinajstić information content (AvgIpc) is 2.34. The first-order chi connectivity index (χ1) is 7.75. The molecule has 0 atom stereocenters. The highest BCUT2D eigenvalue weighted by atomic mass is 16.3. The van der Waals surface area contributed by atoms with E-state index in [2.05, 4.69) is 13.2 Å². The van der Waals surface area contributed by atoms with Crippen molar-refractivity contribution in [3.8, 4) is 5.75 Å². The third-order valence-corrected chi connectivity index (χ3v) is 2.91. The van der Waals surface area contributed by atoms with Crippen LogP contribution in [0.25, 0.3) is 0 Å². The molecular weight excluding hydrogens is 200 g/mol. The van der Waals surface area contributed by atoms with E-state index in [0.29, 0.717) is 30.3 Å². The van der Waals surface area contributed by atoms with Crippen LogP contribution in [0.1, 0.15) is 37.2 Å². The van der Waals surface area contributed by atoms with Crippen molar-refractivity contribution in [1.29, 1.82) is 0 Å². The van der Waals surface area contributed by atoms with Gasteiger partial charge in [-0.2, -0.15) is 0 Å². The van der Waals surface area contributed by atoms with Crippen LogP contribution in [0.5, 0.6) is 5.75 Å². The second-order valence-corrected chi connectivity index (χ2v) is 3.90. The van der Waals surface area contributed by atoms with Crippen molar-refractivity contribution in [3.05, 3.63) is 43.0 Å². The van der Waals surface area contributed by atoms with Gasteiger partial charge in [0.15, 0.2) is 0 Å². The minimum absolute atomic E-state index is 0.306. The van der Waals surface area contributed by atoms with Crippen molar-refractivity contribution in [1.82, 2.24) is 0 Å². The van der Waals surface area contributed by atoms with Crippen LogP contribution >= 0.6 is 0 Å². The molecular formula is C14H18O2. The lowest BCUT2D eigenvalue weighted by atomic mass is 9.83. The first kappa shape index (κ1) is 12.5. The molecule has 0 saturated heterocycles. The number of carbonyl (C=O) groups excluding carboxylic acids is 1. The van der Waals surface area contributed by atoms with Crippen LogP contribution < -0.4 is 0 Å². The van der Waals surface area contributed by atoms with E-state index < -0.39 is 0 Å². The lowest BCUT2D eigenvalue weighted by Gasteiger charge is -2.21. The summed E-state index contributed by atoms with van der Waals surface area (Å²) in [5, 5.41) is 9.14. The molecule has 1 aromatic rings. The predicted octanol–water partition coefficient (Wildman–Crippen LogP) is 3.42. The highest BCUT2D eigenvalue weighted by Crippen LogP contribution is 2.31. The molecule has 0 unspecified atom stereocenters. The Morgan fingerprint density at radius 1 is 1.06 bits per heavy atom. The second kappa shape index (κ2) is 6.11. The molecule has 86 valence electrons. The van der Waals surface area contributed by atoms with Gasteiger partial charge in [-0.3, -0.25) is 4.79 Å². The molecule has 0 spiro atoms.